The molecule has 6 nitrogen and oxygen atoms in total. The normalized spacial score (nSPS) is 17.6. The number of aromatic nitrogens is 4. The van der Waals surface area contributed by atoms with Crippen molar-refractivity contribution in [2.24, 2.45) is 5.92 Å². The molecule has 0 saturated heterocycles. The van der Waals surface area contributed by atoms with E-state index < -0.39 is 0 Å². The van der Waals surface area contributed by atoms with Gasteiger partial charge in [0.25, 0.3) is 5.56 Å². The smallest absolute Gasteiger partial charge is 0.250 e. The zero-order valence-corrected chi connectivity index (χ0v) is 17.7. The van der Waals surface area contributed by atoms with Crippen LogP contribution in [0.15, 0.2) is 65.7 Å². The number of benzene rings is 1. The van der Waals surface area contributed by atoms with Crippen LogP contribution in [0.5, 0.6) is 5.88 Å². The molecule has 156 valence electrons. The molecule has 3 aromatic heterocycles. The standard InChI is InChI=1S/C25H24N4O2/c1-3-29-14-18(9-11-24(29)30)21-13-26-16(2)27-25(21)31-15-19-12-20(19)23-10-8-17-6-4-5-7-22(17)28-23/h4-11,13-14,19-20H,3,12,15H2,1-2H3/t19?,20-/m1/s1. The summed E-state index contributed by atoms with van der Waals surface area (Å²) in [6, 6.07) is 15.8. The Labute approximate surface area is 180 Å². The van der Waals surface area contributed by atoms with Gasteiger partial charge in [0.15, 0.2) is 0 Å². The molecule has 3 heterocycles. The predicted octanol–water partition coefficient (Wildman–Crippen LogP) is 4.36. The molecular formula is C25H24N4O2. The van der Waals surface area contributed by atoms with Crippen molar-refractivity contribution in [1.82, 2.24) is 19.5 Å². The van der Waals surface area contributed by atoms with Crippen LogP contribution in [0.25, 0.3) is 22.0 Å². The summed E-state index contributed by atoms with van der Waals surface area (Å²) in [6.07, 6.45) is 4.67. The molecule has 0 bridgehead atoms. The van der Waals surface area contributed by atoms with Crippen molar-refractivity contribution >= 4 is 10.9 Å². The minimum absolute atomic E-state index is 0.0227. The number of hydrogen-bond donors (Lipinski definition) is 0. The first kappa shape index (κ1) is 19.4. The number of hydrogen-bond acceptors (Lipinski definition) is 5. The predicted molar refractivity (Wildman–Crippen MR) is 120 cm³/mol. The highest BCUT2D eigenvalue weighted by Crippen LogP contribution is 2.47. The number of pyridine rings is 2. The summed E-state index contributed by atoms with van der Waals surface area (Å²) < 4.78 is 7.84. The van der Waals surface area contributed by atoms with Gasteiger partial charge in [0.2, 0.25) is 5.88 Å². The summed E-state index contributed by atoms with van der Waals surface area (Å²) >= 11 is 0. The molecule has 4 aromatic rings. The average Bonchev–Trinajstić information content (AvgIpc) is 3.58. The van der Waals surface area contributed by atoms with Crippen LogP contribution in [0.1, 0.15) is 30.8 Å². The minimum atomic E-state index is -0.0227. The van der Waals surface area contributed by atoms with E-state index in [1.807, 2.05) is 32.2 Å². The molecule has 2 atom stereocenters. The van der Waals surface area contributed by atoms with Gasteiger partial charge in [-0.2, -0.15) is 4.98 Å². The SMILES string of the molecule is CCn1cc(-c2cnc(C)nc2OCC2C[C@H]2c2ccc3ccccc3n2)ccc1=O. The van der Waals surface area contributed by atoms with E-state index in [-0.39, 0.29) is 5.56 Å². The molecule has 0 N–H and O–H groups in total. The zero-order valence-electron chi connectivity index (χ0n) is 17.7. The lowest BCUT2D eigenvalue weighted by Crippen LogP contribution is -2.17. The average molecular weight is 412 g/mol. The first-order chi connectivity index (χ1) is 15.1. The maximum absolute atomic E-state index is 11.9. The molecule has 6 heteroatoms. The fourth-order valence-corrected chi connectivity index (χ4v) is 3.96. The molecule has 1 aromatic carbocycles. The molecule has 1 fully saturated rings. The van der Waals surface area contributed by atoms with Crippen LogP contribution in [-0.4, -0.2) is 26.1 Å². The Morgan fingerprint density at radius 3 is 2.84 bits per heavy atom. The largest absolute Gasteiger partial charge is 0.477 e. The lowest BCUT2D eigenvalue weighted by molar-refractivity contribution is 0.285. The number of aryl methyl sites for hydroxylation is 2. The van der Waals surface area contributed by atoms with Crippen LogP contribution < -0.4 is 10.3 Å². The van der Waals surface area contributed by atoms with Gasteiger partial charge >= 0.3 is 0 Å². The molecule has 31 heavy (non-hydrogen) atoms. The monoisotopic (exact) mass is 412 g/mol. The van der Waals surface area contributed by atoms with Crippen molar-refractivity contribution in [3.8, 4) is 17.0 Å². The van der Waals surface area contributed by atoms with Gasteiger partial charge in [-0.25, -0.2) is 4.98 Å². The molecule has 0 aliphatic heterocycles. The fourth-order valence-electron chi connectivity index (χ4n) is 3.96. The molecule has 5 rings (SSSR count). The number of nitrogens with zero attached hydrogens (tertiary/aromatic N) is 4. The van der Waals surface area contributed by atoms with Crippen LogP contribution in [-0.2, 0) is 6.54 Å². The fraction of sp³-hybridized carbons (Fsp3) is 0.280. The second-order valence-electron chi connectivity index (χ2n) is 8.02. The van der Waals surface area contributed by atoms with E-state index in [1.165, 1.54) is 0 Å². The van der Waals surface area contributed by atoms with Crippen molar-refractivity contribution < 1.29 is 4.74 Å². The zero-order chi connectivity index (χ0) is 21.4. The molecule has 0 amide bonds. The number of ether oxygens (including phenoxy) is 1. The summed E-state index contributed by atoms with van der Waals surface area (Å²) in [5.74, 6) is 2.05. The van der Waals surface area contributed by atoms with E-state index in [2.05, 4.69) is 34.2 Å². The summed E-state index contributed by atoms with van der Waals surface area (Å²) in [5, 5.41) is 1.16. The molecule has 0 spiro atoms. The summed E-state index contributed by atoms with van der Waals surface area (Å²) in [4.78, 5) is 25.6. The maximum Gasteiger partial charge on any atom is 0.250 e. The number of rotatable bonds is 6. The Kier molecular flexibility index (Phi) is 4.98. The van der Waals surface area contributed by atoms with Crippen molar-refractivity contribution in [3.05, 3.63) is 82.8 Å². The van der Waals surface area contributed by atoms with Gasteiger partial charge in [-0.05, 0) is 38.5 Å². The van der Waals surface area contributed by atoms with E-state index in [1.54, 1.807) is 22.9 Å². The molecule has 1 aliphatic carbocycles. The second-order valence-corrected chi connectivity index (χ2v) is 8.02. The molecule has 1 unspecified atom stereocenters. The van der Waals surface area contributed by atoms with Crippen LogP contribution in [0.4, 0.5) is 0 Å². The van der Waals surface area contributed by atoms with Crippen molar-refractivity contribution in [1.29, 1.82) is 0 Å². The Balaban J connectivity index is 1.34. The molecule has 0 radical (unpaired) electrons. The van der Waals surface area contributed by atoms with E-state index >= 15 is 0 Å². The lowest BCUT2D eigenvalue weighted by Gasteiger charge is -2.12. The highest BCUT2D eigenvalue weighted by molar-refractivity contribution is 5.78. The summed E-state index contributed by atoms with van der Waals surface area (Å²) in [7, 11) is 0. The molecule has 1 saturated carbocycles. The molecule has 1 aliphatic rings. The highest BCUT2D eigenvalue weighted by atomic mass is 16.5. The Morgan fingerprint density at radius 2 is 1.97 bits per heavy atom. The van der Waals surface area contributed by atoms with Gasteiger partial charge in [0.1, 0.15) is 5.82 Å². The van der Waals surface area contributed by atoms with Crippen LogP contribution >= 0.6 is 0 Å². The Morgan fingerprint density at radius 1 is 1.10 bits per heavy atom. The minimum Gasteiger partial charge on any atom is -0.477 e. The van der Waals surface area contributed by atoms with E-state index in [0.717, 1.165) is 34.1 Å². The first-order valence-electron chi connectivity index (χ1n) is 10.7. The van der Waals surface area contributed by atoms with Crippen molar-refractivity contribution in [3.63, 3.8) is 0 Å². The summed E-state index contributed by atoms with van der Waals surface area (Å²) in [5.41, 5.74) is 3.81. The van der Waals surface area contributed by atoms with Crippen molar-refractivity contribution in [2.45, 2.75) is 32.7 Å². The number of para-hydroxylation sites is 1. The quantitative estimate of drug-likeness (QED) is 0.470. The van der Waals surface area contributed by atoms with Crippen LogP contribution in [0.3, 0.4) is 0 Å². The Bertz CT molecular complexity index is 1310. The van der Waals surface area contributed by atoms with Gasteiger partial charge in [0, 0.05) is 53.5 Å². The van der Waals surface area contributed by atoms with E-state index in [9.17, 15) is 4.79 Å². The number of fused-ring (bicyclic) bond motifs is 1. The van der Waals surface area contributed by atoms with Crippen LogP contribution in [0, 0.1) is 12.8 Å². The van der Waals surface area contributed by atoms with Gasteiger partial charge in [-0.3, -0.25) is 9.78 Å². The maximum atomic E-state index is 11.9. The van der Waals surface area contributed by atoms with Crippen molar-refractivity contribution in [2.75, 3.05) is 6.61 Å². The van der Waals surface area contributed by atoms with Gasteiger partial charge < -0.3 is 9.30 Å². The van der Waals surface area contributed by atoms with Gasteiger partial charge in [-0.15, -0.1) is 0 Å². The van der Waals surface area contributed by atoms with Gasteiger partial charge in [-0.1, -0.05) is 24.3 Å². The molecular weight excluding hydrogens is 388 g/mol. The highest BCUT2D eigenvalue weighted by Gasteiger charge is 2.40. The van der Waals surface area contributed by atoms with E-state index in [4.69, 9.17) is 9.72 Å². The van der Waals surface area contributed by atoms with Gasteiger partial charge in [0.05, 0.1) is 17.7 Å². The topological polar surface area (TPSA) is 69.9 Å². The second kappa shape index (κ2) is 7.95. The third kappa shape index (κ3) is 3.93. The Hall–Kier alpha value is -3.54. The summed E-state index contributed by atoms with van der Waals surface area (Å²) in [6.45, 7) is 4.99. The van der Waals surface area contributed by atoms with Crippen LogP contribution in [0.2, 0.25) is 0 Å². The van der Waals surface area contributed by atoms with E-state index in [0.29, 0.717) is 36.7 Å². The lowest BCUT2D eigenvalue weighted by atomic mass is 10.1. The third-order valence-electron chi connectivity index (χ3n) is 5.87. The third-order valence-corrected chi connectivity index (χ3v) is 5.87. The first-order valence-corrected chi connectivity index (χ1v) is 10.7.